The highest BCUT2D eigenvalue weighted by molar-refractivity contribution is 6.34. The molecule has 0 unspecified atom stereocenters. The van der Waals surface area contributed by atoms with Crippen LogP contribution in [0.3, 0.4) is 0 Å². The predicted octanol–water partition coefficient (Wildman–Crippen LogP) is 5.15. The Hall–Kier alpha value is -2.92. The molecule has 0 aliphatic carbocycles. The van der Waals surface area contributed by atoms with Gasteiger partial charge in [0.25, 0.3) is 5.91 Å². The zero-order valence-electron chi connectivity index (χ0n) is 15.1. The van der Waals surface area contributed by atoms with E-state index in [0.29, 0.717) is 28.9 Å². The lowest BCUT2D eigenvalue weighted by Crippen LogP contribution is -2.14. The number of para-hydroxylation sites is 1. The fourth-order valence-corrected chi connectivity index (χ4v) is 3.31. The zero-order valence-corrected chi connectivity index (χ0v) is 15.9. The van der Waals surface area contributed by atoms with Crippen molar-refractivity contribution in [1.82, 2.24) is 14.8 Å². The highest BCUT2D eigenvalue weighted by atomic mass is 35.5. The lowest BCUT2D eigenvalue weighted by atomic mass is 10.1. The molecule has 6 heteroatoms. The Morgan fingerprint density at radius 2 is 1.89 bits per heavy atom. The average molecular weight is 379 g/mol. The first kappa shape index (κ1) is 17.5. The van der Waals surface area contributed by atoms with E-state index in [-0.39, 0.29) is 5.91 Å². The van der Waals surface area contributed by atoms with Crippen molar-refractivity contribution in [2.75, 3.05) is 5.32 Å². The van der Waals surface area contributed by atoms with Gasteiger partial charge in [-0.1, -0.05) is 55.8 Å². The van der Waals surface area contributed by atoms with Crippen LogP contribution in [0.2, 0.25) is 5.02 Å². The number of hydrogen-bond donors (Lipinski definition) is 1. The molecule has 0 saturated carbocycles. The molecule has 27 heavy (non-hydrogen) atoms. The van der Waals surface area contributed by atoms with Crippen LogP contribution in [0.5, 0.6) is 0 Å². The Balaban J connectivity index is 1.83. The summed E-state index contributed by atoms with van der Waals surface area (Å²) in [4.78, 5) is 17.5. The number of fused-ring (bicyclic) bond motifs is 2. The standard InChI is InChI=1S/C21H19ClN4O/c1-13(2)12-26-20-16(11-14-7-3-6-10-18(14)23-20)19(25-26)24-21(27)15-8-4-5-9-17(15)22/h3-11,13H,12H2,1-2H3,(H,24,25,27). The number of halogens is 1. The fraction of sp³-hybridized carbons (Fsp3) is 0.190. The first-order valence-corrected chi connectivity index (χ1v) is 9.23. The topological polar surface area (TPSA) is 59.8 Å². The molecule has 0 fully saturated rings. The molecule has 0 atom stereocenters. The molecule has 5 nitrogen and oxygen atoms in total. The molecule has 4 aromatic rings. The van der Waals surface area contributed by atoms with E-state index in [1.54, 1.807) is 24.3 Å². The number of rotatable bonds is 4. The molecule has 2 aromatic carbocycles. The van der Waals surface area contributed by atoms with E-state index in [2.05, 4.69) is 24.3 Å². The number of nitrogens with one attached hydrogen (secondary N) is 1. The van der Waals surface area contributed by atoms with Gasteiger partial charge < -0.3 is 5.32 Å². The van der Waals surface area contributed by atoms with Crippen molar-refractivity contribution in [1.29, 1.82) is 0 Å². The van der Waals surface area contributed by atoms with Crippen LogP contribution in [0.15, 0.2) is 54.6 Å². The summed E-state index contributed by atoms with van der Waals surface area (Å²) in [6.45, 7) is 4.96. The Morgan fingerprint density at radius 1 is 1.15 bits per heavy atom. The maximum Gasteiger partial charge on any atom is 0.258 e. The van der Waals surface area contributed by atoms with Gasteiger partial charge in [-0.2, -0.15) is 5.10 Å². The summed E-state index contributed by atoms with van der Waals surface area (Å²) in [6.07, 6.45) is 0. The van der Waals surface area contributed by atoms with Gasteiger partial charge in [0.05, 0.1) is 21.5 Å². The Labute approximate surface area is 162 Å². The van der Waals surface area contributed by atoms with Gasteiger partial charge in [0.2, 0.25) is 0 Å². The van der Waals surface area contributed by atoms with Gasteiger partial charge in [-0.05, 0) is 30.2 Å². The Kier molecular flexibility index (Phi) is 4.54. The van der Waals surface area contributed by atoms with Crippen LogP contribution in [0, 0.1) is 5.92 Å². The van der Waals surface area contributed by atoms with Crippen LogP contribution in [0.25, 0.3) is 21.9 Å². The van der Waals surface area contributed by atoms with E-state index in [1.807, 2.05) is 35.0 Å². The first-order chi connectivity index (χ1) is 13.0. The van der Waals surface area contributed by atoms with E-state index >= 15 is 0 Å². The summed E-state index contributed by atoms with van der Waals surface area (Å²) < 4.78 is 1.86. The average Bonchev–Trinajstić information content (AvgIpc) is 2.96. The number of amides is 1. The van der Waals surface area contributed by atoms with Crippen molar-refractivity contribution in [3.8, 4) is 0 Å². The quantitative estimate of drug-likeness (QED) is 0.534. The molecule has 4 rings (SSSR count). The number of anilines is 1. The lowest BCUT2D eigenvalue weighted by Gasteiger charge is -2.06. The summed E-state index contributed by atoms with van der Waals surface area (Å²) >= 11 is 6.16. The van der Waals surface area contributed by atoms with Crippen molar-refractivity contribution in [2.24, 2.45) is 5.92 Å². The van der Waals surface area contributed by atoms with Crippen molar-refractivity contribution < 1.29 is 4.79 Å². The zero-order chi connectivity index (χ0) is 19.0. The van der Waals surface area contributed by atoms with Crippen LogP contribution in [0.1, 0.15) is 24.2 Å². The predicted molar refractivity (Wildman–Crippen MR) is 109 cm³/mol. The van der Waals surface area contributed by atoms with E-state index in [0.717, 1.165) is 21.9 Å². The van der Waals surface area contributed by atoms with E-state index in [1.165, 1.54) is 0 Å². The molecule has 0 aliphatic heterocycles. The largest absolute Gasteiger partial charge is 0.304 e. The molecule has 0 aliphatic rings. The van der Waals surface area contributed by atoms with E-state index in [4.69, 9.17) is 16.6 Å². The molecule has 0 radical (unpaired) electrons. The molecule has 0 saturated heterocycles. The third kappa shape index (κ3) is 3.38. The SMILES string of the molecule is CC(C)Cn1nc(NC(=O)c2ccccc2Cl)c2cc3ccccc3nc21. The maximum absolute atomic E-state index is 12.7. The van der Waals surface area contributed by atoms with Gasteiger partial charge in [0.1, 0.15) is 0 Å². The van der Waals surface area contributed by atoms with Crippen LogP contribution < -0.4 is 5.32 Å². The third-order valence-electron chi connectivity index (χ3n) is 4.31. The van der Waals surface area contributed by atoms with E-state index < -0.39 is 0 Å². The van der Waals surface area contributed by atoms with Crippen molar-refractivity contribution >= 4 is 45.3 Å². The normalized spacial score (nSPS) is 11.4. The molecule has 1 amide bonds. The summed E-state index contributed by atoms with van der Waals surface area (Å²) in [5.41, 5.74) is 2.08. The van der Waals surface area contributed by atoms with Crippen molar-refractivity contribution in [2.45, 2.75) is 20.4 Å². The second-order valence-electron chi connectivity index (χ2n) is 6.91. The molecule has 136 valence electrons. The minimum absolute atomic E-state index is 0.287. The molecule has 2 heterocycles. The summed E-state index contributed by atoms with van der Waals surface area (Å²) in [7, 11) is 0. The molecule has 0 spiro atoms. The number of benzene rings is 2. The van der Waals surface area contributed by atoms with Crippen LogP contribution in [-0.4, -0.2) is 20.7 Å². The van der Waals surface area contributed by atoms with Gasteiger partial charge >= 0.3 is 0 Å². The first-order valence-electron chi connectivity index (χ1n) is 8.85. The van der Waals surface area contributed by atoms with Crippen LogP contribution in [0.4, 0.5) is 5.82 Å². The summed E-state index contributed by atoms with van der Waals surface area (Å²) in [6, 6.07) is 16.9. The smallest absolute Gasteiger partial charge is 0.258 e. The molecular formula is C21H19ClN4O. The number of pyridine rings is 1. The van der Waals surface area contributed by atoms with Crippen LogP contribution >= 0.6 is 11.6 Å². The van der Waals surface area contributed by atoms with E-state index in [9.17, 15) is 4.79 Å². The van der Waals surface area contributed by atoms with Crippen LogP contribution in [-0.2, 0) is 6.54 Å². The Bertz CT molecular complexity index is 1150. The second kappa shape index (κ2) is 7.00. The van der Waals surface area contributed by atoms with Gasteiger partial charge in [0.15, 0.2) is 11.5 Å². The van der Waals surface area contributed by atoms with Crippen molar-refractivity contribution in [3.63, 3.8) is 0 Å². The van der Waals surface area contributed by atoms with Gasteiger partial charge in [-0.15, -0.1) is 0 Å². The number of hydrogen-bond acceptors (Lipinski definition) is 3. The number of carbonyl (C=O) groups excluding carboxylic acids is 1. The molecule has 2 aromatic heterocycles. The molecule has 0 bridgehead atoms. The van der Waals surface area contributed by atoms with Gasteiger partial charge in [0, 0.05) is 11.9 Å². The highest BCUT2D eigenvalue weighted by Gasteiger charge is 2.18. The highest BCUT2D eigenvalue weighted by Crippen LogP contribution is 2.27. The lowest BCUT2D eigenvalue weighted by molar-refractivity contribution is 0.102. The van der Waals surface area contributed by atoms with Gasteiger partial charge in [-0.3, -0.25) is 4.79 Å². The molecular weight excluding hydrogens is 360 g/mol. The van der Waals surface area contributed by atoms with Gasteiger partial charge in [-0.25, -0.2) is 9.67 Å². The number of nitrogens with zero attached hydrogens (tertiary/aromatic N) is 3. The minimum atomic E-state index is -0.287. The fourth-order valence-electron chi connectivity index (χ4n) is 3.08. The summed E-state index contributed by atoms with van der Waals surface area (Å²) in [5, 5.41) is 9.76. The third-order valence-corrected chi connectivity index (χ3v) is 4.64. The monoisotopic (exact) mass is 378 g/mol. The molecule has 1 N–H and O–H groups in total. The minimum Gasteiger partial charge on any atom is -0.304 e. The number of carbonyl (C=O) groups is 1. The Morgan fingerprint density at radius 3 is 2.67 bits per heavy atom. The van der Waals surface area contributed by atoms with Crippen molar-refractivity contribution in [3.05, 3.63) is 65.2 Å². The number of aromatic nitrogens is 3. The maximum atomic E-state index is 12.7. The second-order valence-corrected chi connectivity index (χ2v) is 7.32. The summed E-state index contributed by atoms with van der Waals surface area (Å²) in [5.74, 6) is 0.604.